The Morgan fingerprint density at radius 2 is 1.91 bits per heavy atom. The zero-order valence-electron chi connectivity index (χ0n) is 13.1. The first-order valence-electron chi connectivity index (χ1n) is 8.48. The van der Waals surface area contributed by atoms with Crippen LogP contribution < -0.4 is 10.6 Å². The van der Waals surface area contributed by atoms with E-state index in [1.165, 1.54) is 30.4 Å². The SMILES string of the molecule is O=C(NCC1(O)CCc2ccccc2C1)NC1CCCCC1. The number of fused-ring (bicyclic) bond motifs is 1. The van der Waals surface area contributed by atoms with E-state index in [1.807, 2.05) is 12.1 Å². The summed E-state index contributed by atoms with van der Waals surface area (Å²) >= 11 is 0. The van der Waals surface area contributed by atoms with Crippen molar-refractivity contribution in [1.29, 1.82) is 0 Å². The smallest absolute Gasteiger partial charge is 0.315 e. The number of carbonyl (C=O) groups excluding carboxylic acids is 1. The quantitative estimate of drug-likeness (QED) is 0.803. The molecule has 2 aliphatic rings. The number of amides is 2. The van der Waals surface area contributed by atoms with Gasteiger partial charge in [0.25, 0.3) is 0 Å². The van der Waals surface area contributed by atoms with E-state index in [1.54, 1.807) is 0 Å². The number of aryl methyl sites for hydroxylation is 1. The summed E-state index contributed by atoms with van der Waals surface area (Å²) in [7, 11) is 0. The molecule has 0 spiro atoms. The molecule has 2 amide bonds. The van der Waals surface area contributed by atoms with E-state index in [-0.39, 0.29) is 6.03 Å². The molecule has 3 rings (SSSR count). The molecule has 1 unspecified atom stereocenters. The molecule has 0 aliphatic heterocycles. The second-order valence-electron chi connectivity index (χ2n) is 6.83. The third-order valence-corrected chi connectivity index (χ3v) is 5.02. The molecule has 4 nitrogen and oxygen atoms in total. The molecule has 1 aromatic carbocycles. The standard InChI is InChI=1S/C18H26N2O2/c21-17(20-16-8-2-1-3-9-16)19-13-18(22)11-10-14-6-4-5-7-15(14)12-18/h4-7,16,22H,1-3,8-13H2,(H2,19,20,21). The molecule has 1 fully saturated rings. The Labute approximate surface area is 132 Å². The van der Waals surface area contributed by atoms with Crippen molar-refractivity contribution in [2.45, 2.75) is 63.0 Å². The Hall–Kier alpha value is -1.55. The first-order chi connectivity index (χ1) is 10.6. The van der Waals surface area contributed by atoms with Crippen molar-refractivity contribution < 1.29 is 9.90 Å². The molecule has 1 atom stereocenters. The van der Waals surface area contributed by atoms with Crippen molar-refractivity contribution in [1.82, 2.24) is 10.6 Å². The van der Waals surface area contributed by atoms with Gasteiger partial charge in [0, 0.05) is 19.0 Å². The normalized spacial score (nSPS) is 25.3. The van der Waals surface area contributed by atoms with Crippen molar-refractivity contribution in [3.05, 3.63) is 35.4 Å². The van der Waals surface area contributed by atoms with Crippen LogP contribution in [0.1, 0.15) is 49.7 Å². The van der Waals surface area contributed by atoms with E-state index in [0.29, 0.717) is 25.4 Å². The molecule has 0 radical (unpaired) electrons. The highest BCUT2D eigenvalue weighted by Gasteiger charge is 2.32. The summed E-state index contributed by atoms with van der Waals surface area (Å²) in [4.78, 5) is 12.0. The Balaban J connectivity index is 1.49. The number of carbonyl (C=O) groups is 1. The minimum Gasteiger partial charge on any atom is -0.388 e. The van der Waals surface area contributed by atoms with E-state index in [4.69, 9.17) is 0 Å². The third-order valence-electron chi connectivity index (χ3n) is 5.02. The van der Waals surface area contributed by atoms with Gasteiger partial charge in [0.05, 0.1) is 5.60 Å². The maximum atomic E-state index is 12.0. The second-order valence-corrected chi connectivity index (χ2v) is 6.83. The summed E-state index contributed by atoms with van der Waals surface area (Å²) in [5.74, 6) is 0. The molecule has 4 heteroatoms. The molecule has 22 heavy (non-hydrogen) atoms. The van der Waals surface area contributed by atoms with Gasteiger partial charge in [0.15, 0.2) is 0 Å². The van der Waals surface area contributed by atoms with E-state index in [2.05, 4.69) is 22.8 Å². The number of aliphatic hydroxyl groups is 1. The summed E-state index contributed by atoms with van der Waals surface area (Å²) in [6.45, 7) is 0.319. The molecule has 120 valence electrons. The molecule has 2 aliphatic carbocycles. The summed E-state index contributed by atoms with van der Waals surface area (Å²) in [5.41, 5.74) is 1.70. The highest BCUT2D eigenvalue weighted by molar-refractivity contribution is 5.74. The predicted octanol–water partition coefficient (Wildman–Crippen LogP) is 2.54. The van der Waals surface area contributed by atoms with Gasteiger partial charge in [-0.05, 0) is 36.8 Å². The van der Waals surface area contributed by atoms with Gasteiger partial charge >= 0.3 is 6.03 Å². The molecule has 0 saturated heterocycles. The molecule has 1 saturated carbocycles. The average molecular weight is 302 g/mol. The first-order valence-corrected chi connectivity index (χ1v) is 8.48. The second kappa shape index (κ2) is 6.69. The highest BCUT2D eigenvalue weighted by Crippen LogP contribution is 2.28. The largest absolute Gasteiger partial charge is 0.388 e. The van der Waals surface area contributed by atoms with Crippen LogP contribution in [0.4, 0.5) is 4.79 Å². The lowest BCUT2D eigenvalue weighted by molar-refractivity contribution is 0.0290. The molecule has 0 aromatic heterocycles. The van der Waals surface area contributed by atoms with Gasteiger partial charge in [0.1, 0.15) is 0 Å². The van der Waals surface area contributed by atoms with Crippen LogP contribution in [0.3, 0.4) is 0 Å². The summed E-state index contributed by atoms with van der Waals surface area (Å²) in [6, 6.07) is 8.40. The number of benzene rings is 1. The van der Waals surface area contributed by atoms with Crippen LogP contribution in [0.5, 0.6) is 0 Å². The van der Waals surface area contributed by atoms with Gasteiger partial charge in [0.2, 0.25) is 0 Å². The van der Waals surface area contributed by atoms with Crippen LogP contribution in [-0.4, -0.2) is 29.3 Å². The zero-order valence-corrected chi connectivity index (χ0v) is 13.1. The van der Waals surface area contributed by atoms with E-state index in [9.17, 15) is 9.90 Å². The number of nitrogens with one attached hydrogen (secondary N) is 2. The van der Waals surface area contributed by atoms with Crippen molar-refractivity contribution in [3.63, 3.8) is 0 Å². The van der Waals surface area contributed by atoms with Crippen LogP contribution in [-0.2, 0) is 12.8 Å². The molecule has 0 bridgehead atoms. The summed E-state index contributed by atoms with van der Waals surface area (Å²) < 4.78 is 0. The fourth-order valence-electron chi connectivity index (χ4n) is 3.66. The van der Waals surface area contributed by atoms with Gasteiger partial charge in [-0.2, -0.15) is 0 Å². The summed E-state index contributed by atoms with van der Waals surface area (Å²) in [6.07, 6.45) is 8.02. The average Bonchev–Trinajstić information content (AvgIpc) is 2.54. The molecule has 1 aromatic rings. The maximum absolute atomic E-state index is 12.0. The number of hydrogen-bond acceptors (Lipinski definition) is 2. The zero-order chi connectivity index (χ0) is 15.4. The van der Waals surface area contributed by atoms with Crippen molar-refractivity contribution >= 4 is 6.03 Å². The van der Waals surface area contributed by atoms with Crippen LogP contribution in [0.2, 0.25) is 0 Å². The Morgan fingerprint density at radius 3 is 2.68 bits per heavy atom. The van der Waals surface area contributed by atoms with Crippen molar-refractivity contribution in [3.8, 4) is 0 Å². The maximum Gasteiger partial charge on any atom is 0.315 e. The van der Waals surface area contributed by atoms with Gasteiger partial charge in [-0.25, -0.2) is 4.79 Å². The Bertz CT molecular complexity index is 526. The summed E-state index contributed by atoms with van der Waals surface area (Å²) in [5, 5.41) is 16.6. The van der Waals surface area contributed by atoms with E-state index in [0.717, 1.165) is 19.3 Å². The fraction of sp³-hybridized carbons (Fsp3) is 0.611. The molecule has 0 heterocycles. The minimum atomic E-state index is -0.821. The van der Waals surface area contributed by atoms with Crippen molar-refractivity contribution in [2.24, 2.45) is 0 Å². The van der Waals surface area contributed by atoms with Gasteiger partial charge < -0.3 is 15.7 Å². The molecule has 3 N–H and O–H groups in total. The van der Waals surface area contributed by atoms with Crippen LogP contribution in [0.15, 0.2) is 24.3 Å². The Morgan fingerprint density at radius 1 is 1.18 bits per heavy atom. The predicted molar refractivity (Wildman–Crippen MR) is 86.8 cm³/mol. The number of rotatable bonds is 3. The van der Waals surface area contributed by atoms with Gasteiger partial charge in [-0.1, -0.05) is 43.5 Å². The van der Waals surface area contributed by atoms with Crippen LogP contribution >= 0.6 is 0 Å². The lowest BCUT2D eigenvalue weighted by atomic mass is 9.80. The number of urea groups is 1. The first kappa shape index (κ1) is 15.3. The lowest BCUT2D eigenvalue weighted by Gasteiger charge is -2.34. The lowest BCUT2D eigenvalue weighted by Crippen LogP contribution is -2.51. The molecular weight excluding hydrogens is 276 g/mol. The van der Waals surface area contributed by atoms with Crippen LogP contribution in [0.25, 0.3) is 0 Å². The highest BCUT2D eigenvalue weighted by atomic mass is 16.3. The molecular formula is C18H26N2O2. The van der Waals surface area contributed by atoms with Crippen LogP contribution in [0, 0.1) is 0 Å². The Kier molecular flexibility index (Phi) is 4.67. The number of hydrogen-bond donors (Lipinski definition) is 3. The van der Waals surface area contributed by atoms with Crippen molar-refractivity contribution in [2.75, 3.05) is 6.54 Å². The minimum absolute atomic E-state index is 0.140. The third kappa shape index (κ3) is 3.80. The van der Waals surface area contributed by atoms with Gasteiger partial charge in [-0.15, -0.1) is 0 Å². The van der Waals surface area contributed by atoms with E-state index >= 15 is 0 Å². The van der Waals surface area contributed by atoms with Gasteiger partial charge in [-0.3, -0.25) is 0 Å². The fourth-order valence-corrected chi connectivity index (χ4v) is 3.66. The topological polar surface area (TPSA) is 61.4 Å². The monoisotopic (exact) mass is 302 g/mol. The van der Waals surface area contributed by atoms with E-state index < -0.39 is 5.60 Å².